The summed E-state index contributed by atoms with van der Waals surface area (Å²) >= 11 is 0. The Morgan fingerprint density at radius 3 is 2.36 bits per heavy atom. The van der Waals surface area contributed by atoms with Gasteiger partial charge in [0.25, 0.3) is 0 Å². The second-order valence-electron chi connectivity index (χ2n) is 5.51. The summed E-state index contributed by atoms with van der Waals surface area (Å²) in [5.74, 6) is -1.25. The molecule has 0 unspecified atom stereocenters. The summed E-state index contributed by atoms with van der Waals surface area (Å²) in [6, 6.07) is 5.07. The zero-order chi connectivity index (χ0) is 15.9. The molecule has 0 atom stereocenters. The van der Waals surface area contributed by atoms with Gasteiger partial charge in [-0.1, -0.05) is 12.1 Å². The highest BCUT2D eigenvalue weighted by Gasteiger charge is 2.44. The molecule has 1 aromatic rings. The Balaban J connectivity index is 1.64. The molecule has 1 aromatic carbocycles. The third kappa shape index (κ3) is 2.76. The van der Waals surface area contributed by atoms with Gasteiger partial charge in [-0.15, -0.1) is 0 Å². The number of hydrogen-bond acceptors (Lipinski definition) is 4. The number of carbonyl (C=O) groups is 2. The van der Waals surface area contributed by atoms with E-state index in [0.29, 0.717) is 5.56 Å². The van der Waals surface area contributed by atoms with Gasteiger partial charge < -0.3 is 0 Å². The fourth-order valence-electron chi connectivity index (χ4n) is 2.74. The van der Waals surface area contributed by atoms with Crippen LogP contribution in [0, 0.1) is 5.82 Å². The minimum atomic E-state index is -3.57. The van der Waals surface area contributed by atoms with Gasteiger partial charge in [-0.2, -0.15) is 4.31 Å². The van der Waals surface area contributed by atoms with E-state index in [-0.39, 0.29) is 49.5 Å². The van der Waals surface area contributed by atoms with Crippen LogP contribution >= 0.6 is 0 Å². The molecule has 0 radical (unpaired) electrons. The Morgan fingerprint density at radius 1 is 1.14 bits per heavy atom. The predicted octanol–water partition coefficient (Wildman–Crippen LogP) is 0.489. The molecule has 0 bridgehead atoms. The van der Waals surface area contributed by atoms with Crippen LogP contribution in [0.5, 0.6) is 0 Å². The zero-order valence-corrected chi connectivity index (χ0v) is 12.6. The fourth-order valence-corrected chi connectivity index (χ4v) is 4.32. The lowest BCUT2D eigenvalue weighted by atomic mass is 10.1. The Kier molecular flexibility index (Phi) is 3.73. The van der Waals surface area contributed by atoms with Gasteiger partial charge in [0.1, 0.15) is 5.82 Å². The largest absolute Gasteiger partial charge is 0.277 e. The van der Waals surface area contributed by atoms with Crippen LogP contribution in [0.15, 0.2) is 24.3 Å². The Morgan fingerprint density at radius 2 is 1.77 bits per heavy atom. The van der Waals surface area contributed by atoms with E-state index in [1.165, 1.54) is 27.4 Å². The van der Waals surface area contributed by atoms with Crippen LogP contribution in [0.25, 0.3) is 0 Å². The van der Waals surface area contributed by atoms with Crippen molar-refractivity contribution in [3.63, 3.8) is 0 Å². The van der Waals surface area contributed by atoms with Gasteiger partial charge in [0.2, 0.25) is 21.8 Å². The van der Waals surface area contributed by atoms with E-state index >= 15 is 0 Å². The molecule has 22 heavy (non-hydrogen) atoms. The first-order chi connectivity index (χ1) is 10.4. The Hall–Kier alpha value is -1.80. The SMILES string of the molecule is O=C1CCC(=O)N1C1CN(S(=O)(=O)Cc2cccc(F)c2)C1. The maximum Gasteiger partial charge on any atom is 0.230 e. The first kappa shape index (κ1) is 15.1. The van der Waals surface area contributed by atoms with Crippen LogP contribution in [-0.4, -0.2) is 48.6 Å². The van der Waals surface area contributed by atoms with Gasteiger partial charge in [0.05, 0.1) is 11.8 Å². The molecule has 0 spiro atoms. The molecule has 8 heteroatoms. The number of imide groups is 1. The number of amides is 2. The molecule has 118 valence electrons. The van der Waals surface area contributed by atoms with Crippen molar-refractivity contribution in [1.29, 1.82) is 0 Å². The summed E-state index contributed by atoms with van der Waals surface area (Å²) in [6.07, 6.45) is 0.400. The highest BCUT2D eigenvalue weighted by Crippen LogP contribution is 2.25. The Labute approximate surface area is 127 Å². The van der Waals surface area contributed by atoms with Crippen molar-refractivity contribution in [2.75, 3.05) is 13.1 Å². The van der Waals surface area contributed by atoms with Crippen molar-refractivity contribution in [3.05, 3.63) is 35.6 Å². The molecule has 2 aliphatic rings. The third-order valence-corrected chi connectivity index (χ3v) is 5.70. The number of hydrogen-bond donors (Lipinski definition) is 0. The van der Waals surface area contributed by atoms with Gasteiger partial charge in [0, 0.05) is 25.9 Å². The summed E-state index contributed by atoms with van der Waals surface area (Å²) in [5.41, 5.74) is 0.372. The summed E-state index contributed by atoms with van der Waals surface area (Å²) in [5, 5.41) is 0. The molecule has 0 aromatic heterocycles. The number of sulfonamides is 1. The highest BCUT2D eigenvalue weighted by molar-refractivity contribution is 7.88. The van der Waals surface area contributed by atoms with Gasteiger partial charge >= 0.3 is 0 Å². The van der Waals surface area contributed by atoms with E-state index in [9.17, 15) is 22.4 Å². The fraction of sp³-hybridized carbons (Fsp3) is 0.429. The number of carbonyl (C=O) groups excluding carboxylic acids is 2. The van der Waals surface area contributed by atoms with Crippen molar-refractivity contribution >= 4 is 21.8 Å². The maximum atomic E-state index is 13.1. The van der Waals surface area contributed by atoms with Crippen LogP contribution in [0.3, 0.4) is 0 Å². The zero-order valence-electron chi connectivity index (χ0n) is 11.7. The number of benzene rings is 1. The van der Waals surface area contributed by atoms with Crippen molar-refractivity contribution in [3.8, 4) is 0 Å². The van der Waals surface area contributed by atoms with Crippen LogP contribution in [0.2, 0.25) is 0 Å². The quantitative estimate of drug-likeness (QED) is 0.755. The molecule has 2 heterocycles. The van der Waals surface area contributed by atoms with Crippen LogP contribution in [0.4, 0.5) is 4.39 Å². The van der Waals surface area contributed by atoms with Crippen LogP contribution in [0.1, 0.15) is 18.4 Å². The Bertz CT molecular complexity index is 712. The minimum Gasteiger partial charge on any atom is -0.277 e. The minimum absolute atomic E-state index is 0.120. The van der Waals surface area contributed by atoms with E-state index in [4.69, 9.17) is 0 Å². The second-order valence-corrected chi connectivity index (χ2v) is 7.48. The summed E-state index contributed by atoms with van der Waals surface area (Å²) in [6.45, 7) is 0.240. The van der Waals surface area contributed by atoms with E-state index in [2.05, 4.69) is 0 Å². The van der Waals surface area contributed by atoms with Crippen molar-refractivity contribution in [2.45, 2.75) is 24.6 Å². The smallest absolute Gasteiger partial charge is 0.230 e. The number of nitrogens with zero attached hydrogens (tertiary/aromatic N) is 2. The van der Waals surface area contributed by atoms with Crippen molar-refractivity contribution in [2.24, 2.45) is 0 Å². The average molecular weight is 326 g/mol. The number of likely N-dealkylation sites (tertiary alicyclic amines) is 1. The van der Waals surface area contributed by atoms with E-state index in [1.807, 2.05) is 0 Å². The topological polar surface area (TPSA) is 74.8 Å². The standard InChI is InChI=1S/C14H15FN2O4S/c15-11-3-1-2-10(6-11)9-22(20,21)16-7-12(8-16)17-13(18)4-5-14(17)19/h1-3,6,12H,4-5,7-9H2. The number of halogens is 1. The first-order valence-corrected chi connectivity index (χ1v) is 8.55. The van der Waals surface area contributed by atoms with E-state index in [1.54, 1.807) is 6.07 Å². The molecule has 2 fully saturated rings. The average Bonchev–Trinajstić information content (AvgIpc) is 2.68. The summed E-state index contributed by atoms with van der Waals surface area (Å²) < 4.78 is 38.8. The highest BCUT2D eigenvalue weighted by atomic mass is 32.2. The van der Waals surface area contributed by atoms with Gasteiger partial charge in [-0.3, -0.25) is 14.5 Å². The second kappa shape index (κ2) is 5.44. The maximum absolute atomic E-state index is 13.1. The summed E-state index contributed by atoms with van der Waals surface area (Å²) in [4.78, 5) is 24.4. The molecule has 6 nitrogen and oxygen atoms in total. The lowest BCUT2D eigenvalue weighted by Gasteiger charge is -2.41. The molecular formula is C14H15FN2O4S. The van der Waals surface area contributed by atoms with Crippen LogP contribution < -0.4 is 0 Å². The van der Waals surface area contributed by atoms with Crippen molar-refractivity contribution in [1.82, 2.24) is 9.21 Å². The number of rotatable bonds is 4. The molecule has 0 aliphatic carbocycles. The molecule has 2 aliphatic heterocycles. The predicted molar refractivity (Wildman–Crippen MR) is 75.5 cm³/mol. The molecule has 0 N–H and O–H groups in total. The van der Waals surface area contributed by atoms with Crippen molar-refractivity contribution < 1.29 is 22.4 Å². The molecule has 0 saturated carbocycles. The van der Waals surface area contributed by atoms with Crippen LogP contribution in [-0.2, 0) is 25.4 Å². The van der Waals surface area contributed by atoms with E-state index in [0.717, 1.165) is 0 Å². The van der Waals surface area contributed by atoms with E-state index < -0.39 is 15.8 Å². The molecule has 2 amide bonds. The third-order valence-electron chi connectivity index (χ3n) is 3.92. The summed E-state index contributed by atoms with van der Waals surface area (Å²) in [7, 11) is -3.57. The lowest BCUT2D eigenvalue weighted by Crippen LogP contribution is -2.62. The molecular weight excluding hydrogens is 311 g/mol. The molecule has 3 rings (SSSR count). The monoisotopic (exact) mass is 326 g/mol. The first-order valence-electron chi connectivity index (χ1n) is 6.94. The van der Waals surface area contributed by atoms with Gasteiger partial charge in [-0.05, 0) is 17.7 Å². The normalized spacial score (nSPS) is 20.5. The molecule has 2 saturated heterocycles. The van der Waals surface area contributed by atoms with Gasteiger partial charge in [0.15, 0.2) is 0 Å². The lowest BCUT2D eigenvalue weighted by molar-refractivity contribution is -0.143. The van der Waals surface area contributed by atoms with Gasteiger partial charge in [-0.25, -0.2) is 12.8 Å².